The molecule has 2 N–H and O–H groups in total. The molecule has 1 rings (SSSR count). The maximum absolute atomic E-state index is 11.9. The molecular formula is C12H14Br2N2O3. The lowest BCUT2D eigenvalue weighted by atomic mass is 10.2. The van der Waals surface area contributed by atoms with Crippen LogP contribution in [0.5, 0.6) is 0 Å². The summed E-state index contributed by atoms with van der Waals surface area (Å²) < 4.78 is 1.13. The van der Waals surface area contributed by atoms with Crippen molar-refractivity contribution in [3.05, 3.63) is 26.6 Å². The smallest absolute Gasteiger partial charge is 0.337 e. The lowest BCUT2D eigenvalue weighted by Gasteiger charge is -2.18. The number of halogens is 2. The van der Waals surface area contributed by atoms with E-state index in [1.807, 2.05) is 6.92 Å². The molecule has 1 aromatic rings. The van der Waals surface area contributed by atoms with Crippen LogP contribution in [0, 0.1) is 0 Å². The van der Waals surface area contributed by atoms with Gasteiger partial charge in [-0.25, -0.2) is 9.59 Å². The van der Waals surface area contributed by atoms with Crippen LogP contribution in [0.1, 0.15) is 23.7 Å². The van der Waals surface area contributed by atoms with Crippen LogP contribution in [0.3, 0.4) is 0 Å². The number of aromatic carboxylic acids is 1. The summed E-state index contributed by atoms with van der Waals surface area (Å²) in [6, 6.07) is 2.79. The Morgan fingerprint density at radius 3 is 2.53 bits per heavy atom. The average Bonchev–Trinajstić information content (AvgIpc) is 2.32. The van der Waals surface area contributed by atoms with Gasteiger partial charge in [0.05, 0.1) is 11.3 Å². The summed E-state index contributed by atoms with van der Waals surface area (Å²) in [5, 5.41) is 11.8. The highest BCUT2D eigenvalue weighted by Crippen LogP contribution is 2.31. The van der Waals surface area contributed by atoms with Gasteiger partial charge in [-0.15, -0.1) is 0 Å². The van der Waals surface area contributed by atoms with Gasteiger partial charge in [0.2, 0.25) is 0 Å². The summed E-state index contributed by atoms with van der Waals surface area (Å²) in [5.74, 6) is -1.10. The zero-order chi connectivity index (χ0) is 14.6. The Kier molecular flexibility index (Phi) is 5.81. The second-order valence-corrected chi connectivity index (χ2v) is 5.74. The Labute approximate surface area is 128 Å². The molecular weight excluding hydrogens is 380 g/mol. The normalized spacial score (nSPS) is 10.1. The molecule has 1 aromatic carbocycles. The van der Waals surface area contributed by atoms with E-state index in [0.717, 1.165) is 6.42 Å². The van der Waals surface area contributed by atoms with Gasteiger partial charge in [0.1, 0.15) is 0 Å². The van der Waals surface area contributed by atoms with E-state index >= 15 is 0 Å². The lowest BCUT2D eigenvalue weighted by Crippen LogP contribution is -2.32. The highest BCUT2D eigenvalue weighted by atomic mass is 79.9. The first-order valence-electron chi connectivity index (χ1n) is 5.61. The van der Waals surface area contributed by atoms with Crippen LogP contribution in [-0.2, 0) is 0 Å². The fraction of sp³-hybridized carbons (Fsp3) is 0.333. The first kappa shape index (κ1) is 16.0. The molecule has 0 aromatic heterocycles. The maximum Gasteiger partial charge on any atom is 0.337 e. The summed E-state index contributed by atoms with van der Waals surface area (Å²) >= 11 is 6.48. The molecule has 0 aliphatic heterocycles. The van der Waals surface area contributed by atoms with Crippen LogP contribution < -0.4 is 5.32 Å². The van der Waals surface area contributed by atoms with E-state index in [1.54, 1.807) is 13.1 Å². The van der Waals surface area contributed by atoms with Crippen molar-refractivity contribution in [3.63, 3.8) is 0 Å². The molecule has 0 spiro atoms. The fourth-order valence-electron chi connectivity index (χ4n) is 1.51. The second kappa shape index (κ2) is 6.91. The van der Waals surface area contributed by atoms with E-state index in [9.17, 15) is 9.59 Å². The monoisotopic (exact) mass is 392 g/mol. The van der Waals surface area contributed by atoms with E-state index in [1.165, 1.54) is 11.0 Å². The van der Waals surface area contributed by atoms with Crippen molar-refractivity contribution in [3.8, 4) is 0 Å². The maximum atomic E-state index is 11.9. The quantitative estimate of drug-likeness (QED) is 0.817. The third-order valence-electron chi connectivity index (χ3n) is 2.42. The number of urea groups is 1. The van der Waals surface area contributed by atoms with Crippen molar-refractivity contribution in [2.75, 3.05) is 18.9 Å². The predicted octanol–water partition coefficient (Wildman–Crippen LogP) is 3.78. The number of benzene rings is 1. The van der Waals surface area contributed by atoms with Gasteiger partial charge in [-0.1, -0.05) is 22.9 Å². The molecule has 2 amide bonds. The zero-order valence-corrected chi connectivity index (χ0v) is 13.7. The second-order valence-electron chi connectivity index (χ2n) is 3.97. The number of amides is 2. The van der Waals surface area contributed by atoms with E-state index in [4.69, 9.17) is 5.11 Å². The Morgan fingerprint density at radius 1 is 1.37 bits per heavy atom. The molecule has 19 heavy (non-hydrogen) atoms. The lowest BCUT2D eigenvalue weighted by molar-refractivity contribution is 0.0698. The summed E-state index contributed by atoms with van der Waals surface area (Å²) in [7, 11) is 1.66. The summed E-state index contributed by atoms with van der Waals surface area (Å²) in [6.45, 7) is 2.56. The van der Waals surface area contributed by atoms with Crippen LogP contribution in [0.15, 0.2) is 21.1 Å². The van der Waals surface area contributed by atoms with Gasteiger partial charge < -0.3 is 15.3 Å². The molecule has 0 radical (unpaired) electrons. The Bertz CT molecular complexity index is 506. The van der Waals surface area contributed by atoms with Crippen molar-refractivity contribution in [2.24, 2.45) is 0 Å². The van der Waals surface area contributed by atoms with Crippen molar-refractivity contribution < 1.29 is 14.7 Å². The highest BCUT2D eigenvalue weighted by molar-refractivity contribution is 9.11. The number of anilines is 1. The minimum absolute atomic E-state index is 0.0273. The molecule has 0 unspecified atom stereocenters. The molecule has 0 saturated heterocycles. The number of carboxylic acid groups (broad SMARTS) is 1. The summed E-state index contributed by atoms with van der Waals surface area (Å²) in [5.41, 5.74) is 0.281. The Hall–Kier alpha value is -1.08. The largest absolute Gasteiger partial charge is 0.478 e. The molecule has 0 bridgehead atoms. The van der Waals surface area contributed by atoms with Crippen molar-refractivity contribution >= 4 is 49.5 Å². The number of nitrogens with zero attached hydrogens (tertiary/aromatic N) is 1. The molecule has 5 nitrogen and oxygen atoms in total. The van der Waals surface area contributed by atoms with Crippen LogP contribution >= 0.6 is 31.9 Å². The Balaban J connectivity index is 3.06. The Morgan fingerprint density at radius 2 is 2.00 bits per heavy atom. The molecule has 0 aliphatic rings. The summed E-state index contributed by atoms with van der Waals surface area (Å²) in [6.07, 6.45) is 0.831. The fourth-order valence-corrected chi connectivity index (χ4v) is 2.83. The van der Waals surface area contributed by atoms with E-state index in [-0.39, 0.29) is 17.3 Å². The molecule has 0 heterocycles. The van der Waals surface area contributed by atoms with E-state index in [2.05, 4.69) is 37.2 Å². The van der Waals surface area contributed by atoms with Gasteiger partial charge in [0, 0.05) is 22.5 Å². The SMILES string of the molecule is CCCN(C)C(=O)Nc1c(Br)cc(Br)cc1C(=O)O. The molecule has 0 atom stereocenters. The number of rotatable bonds is 4. The molecule has 0 saturated carbocycles. The van der Waals surface area contributed by atoms with E-state index in [0.29, 0.717) is 15.5 Å². The predicted molar refractivity (Wildman–Crippen MR) is 80.7 cm³/mol. The number of hydrogen-bond acceptors (Lipinski definition) is 2. The summed E-state index contributed by atoms with van der Waals surface area (Å²) in [4.78, 5) is 24.6. The van der Waals surface area contributed by atoms with Gasteiger partial charge in [-0.2, -0.15) is 0 Å². The standard InChI is InChI=1S/C12H14Br2N2O3/c1-3-4-16(2)12(19)15-10-8(11(17)18)5-7(13)6-9(10)14/h5-6H,3-4H2,1-2H3,(H,15,19)(H,17,18). The molecule has 0 fully saturated rings. The third kappa shape index (κ3) is 4.21. The van der Waals surface area contributed by atoms with Gasteiger partial charge in [-0.05, 0) is 34.5 Å². The first-order valence-corrected chi connectivity index (χ1v) is 7.19. The molecule has 0 aliphatic carbocycles. The van der Waals surface area contributed by atoms with E-state index < -0.39 is 5.97 Å². The van der Waals surface area contributed by atoms with Crippen LogP contribution in [0.25, 0.3) is 0 Å². The molecule has 104 valence electrons. The number of carboxylic acids is 1. The van der Waals surface area contributed by atoms with Crippen molar-refractivity contribution in [1.82, 2.24) is 4.90 Å². The average molecular weight is 394 g/mol. The minimum atomic E-state index is -1.10. The van der Waals surface area contributed by atoms with Gasteiger partial charge in [-0.3, -0.25) is 0 Å². The first-order chi connectivity index (χ1) is 8.86. The van der Waals surface area contributed by atoms with Gasteiger partial charge >= 0.3 is 12.0 Å². The van der Waals surface area contributed by atoms with Crippen LogP contribution in [0.2, 0.25) is 0 Å². The zero-order valence-electron chi connectivity index (χ0n) is 10.5. The van der Waals surface area contributed by atoms with Crippen molar-refractivity contribution in [2.45, 2.75) is 13.3 Å². The topological polar surface area (TPSA) is 69.6 Å². The van der Waals surface area contributed by atoms with Crippen LogP contribution in [0.4, 0.5) is 10.5 Å². The highest BCUT2D eigenvalue weighted by Gasteiger charge is 2.18. The van der Waals surface area contributed by atoms with Crippen molar-refractivity contribution in [1.29, 1.82) is 0 Å². The third-order valence-corrected chi connectivity index (χ3v) is 3.51. The van der Waals surface area contributed by atoms with Crippen LogP contribution in [-0.4, -0.2) is 35.6 Å². The minimum Gasteiger partial charge on any atom is -0.478 e. The number of nitrogens with one attached hydrogen (secondary N) is 1. The van der Waals surface area contributed by atoms with Gasteiger partial charge in [0.15, 0.2) is 0 Å². The van der Waals surface area contributed by atoms with Gasteiger partial charge in [0.25, 0.3) is 0 Å². The molecule has 7 heteroatoms. The number of carbonyl (C=O) groups excluding carboxylic acids is 1. The number of hydrogen-bond donors (Lipinski definition) is 2. The number of carbonyl (C=O) groups is 2.